The van der Waals surface area contributed by atoms with Crippen molar-refractivity contribution in [1.82, 2.24) is 15.1 Å². The van der Waals surface area contributed by atoms with Crippen molar-refractivity contribution in [3.63, 3.8) is 0 Å². The molecule has 1 atom stereocenters. The molecule has 1 saturated heterocycles. The summed E-state index contributed by atoms with van der Waals surface area (Å²) in [4.78, 5) is 8.33. The molecule has 6 nitrogen and oxygen atoms in total. The Balaban J connectivity index is 1.76. The second-order valence-corrected chi connectivity index (χ2v) is 4.36. The Morgan fingerprint density at radius 3 is 3.11 bits per heavy atom. The van der Waals surface area contributed by atoms with Gasteiger partial charge in [0.15, 0.2) is 5.82 Å². The lowest BCUT2D eigenvalue weighted by atomic mass is 10.2. The van der Waals surface area contributed by atoms with Crippen LogP contribution in [0.15, 0.2) is 23.0 Å². The van der Waals surface area contributed by atoms with Gasteiger partial charge in [0.25, 0.3) is 5.89 Å². The molecule has 2 aromatic rings. The van der Waals surface area contributed by atoms with E-state index in [0.29, 0.717) is 23.8 Å². The Hall–Kier alpha value is -1.95. The van der Waals surface area contributed by atoms with E-state index < -0.39 is 0 Å². The van der Waals surface area contributed by atoms with Gasteiger partial charge in [0.05, 0.1) is 17.4 Å². The molecule has 0 saturated carbocycles. The second kappa shape index (κ2) is 4.73. The van der Waals surface area contributed by atoms with Crippen LogP contribution in [0.25, 0.3) is 11.5 Å². The summed E-state index contributed by atoms with van der Waals surface area (Å²) >= 11 is 0. The van der Waals surface area contributed by atoms with Gasteiger partial charge in [-0.3, -0.25) is 4.98 Å². The zero-order valence-electron chi connectivity index (χ0n) is 9.87. The first kappa shape index (κ1) is 11.2. The molecule has 2 N–H and O–H groups in total. The minimum atomic E-state index is 0.217. The fourth-order valence-corrected chi connectivity index (χ4v) is 2.04. The molecule has 0 radical (unpaired) electrons. The molecular weight excluding hydrogens is 232 g/mol. The lowest BCUT2D eigenvalue weighted by Gasteiger charge is -2.03. The van der Waals surface area contributed by atoms with Crippen molar-refractivity contribution in [2.24, 2.45) is 0 Å². The highest BCUT2D eigenvalue weighted by Gasteiger charge is 2.19. The number of nitrogens with zero attached hydrogens (tertiary/aromatic N) is 3. The summed E-state index contributed by atoms with van der Waals surface area (Å²) in [6, 6.07) is 1.76. The van der Waals surface area contributed by atoms with Crippen molar-refractivity contribution < 1.29 is 9.26 Å². The summed E-state index contributed by atoms with van der Waals surface area (Å²) in [6.45, 7) is 0.828. The molecule has 1 fully saturated rings. The van der Waals surface area contributed by atoms with Crippen LogP contribution in [0.4, 0.5) is 5.69 Å². The third kappa shape index (κ3) is 2.33. The first-order valence-electron chi connectivity index (χ1n) is 5.96. The number of hydrogen-bond acceptors (Lipinski definition) is 6. The molecule has 94 valence electrons. The number of ether oxygens (including phenoxy) is 1. The normalized spacial score (nSPS) is 19.2. The Labute approximate surface area is 104 Å². The lowest BCUT2D eigenvalue weighted by Crippen LogP contribution is -2.09. The predicted octanol–water partition coefficient (Wildman–Crippen LogP) is 1.44. The maximum Gasteiger partial charge on any atom is 0.259 e. The van der Waals surface area contributed by atoms with E-state index in [1.807, 2.05) is 0 Å². The van der Waals surface area contributed by atoms with Gasteiger partial charge in [0.1, 0.15) is 0 Å². The molecule has 1 unspecified atom stereocenters. The number of hydrogen-bond donors (Lipinski definition) is 1. The van der Waals surface area contributed by atoms with Gasteiger partial charge in [0.2, 0.25) is 0 Å². The molecule has 0 aliphatic carbocycles. The molecule has 0 spiro atoms. The van der Waals surface area contributed by atoms with Gasteiger partial charge in [-0.05, 0) is 18.9 Å². The van der Waals surface area contributed by atoms with Gasteiger partial charge >= 0.3 is 0 Å². The van der Waals surface area contributed by atoms with E-state index in [0.717, 1.165) is 25.0 Å². The summed E-state index contributed by atoms with van der Waals surface area (Å²) in [7, 11) is 0. The minimum absolute atomic E-state index is 0.217. The maximum atomic E-state index is 5.66. The van der Waals surface area contributed by atoms with Gasteiger partial charge in [0, 0.05) is 25.4 Å². The van der Waals surface area contributed by atoms with E-state index in [1.165, 1.54) is 0 Å². The van der Waals surface area contributed by atoms with Gasteiger partial charge in [-0.2, -0.15) is 4.98 Å². The van der Waals surface area contributed by atoms with Crippen molar-refractivity contribution in [2.45, 2.75) is 25.4 Å². The van der Waals surface area contributed by atoms with E-state index in [1.54, 1.807) is 18.5 Å². The van der Waals surface area contributed by atoms with Crippen LogP contribution < -0.4 is 5.73 Å². The third-order valence-corrected chi connectivity index (χ3v) is 2.91. The fourth-order valence-electron chi connectivity index (χ4n) is 2.04. The largest absolute Gasteiger partial charge is 0.397 e. The minimum Gasteiger partial charge on any atom is -0.397 e. The zero-order valence-corrected chi connectivity index (χ0v) is 9.87. The first-order valence-corrected chi connectivity index (χ1v) is 5.96. The van der Waals surface area contributed by atoms with Crippen LogP contribution in [0.1, 0.15) is 18.7 Å². The molecule has 1 aliphatic rings. The number of anilines is 1. The second-order valence-electron chi connectivity index (χ2n) is 4.36. The molecule has 6 heteroatoms. The fraction of sp³-hybridized carbons (Fsp3) is 0.417. The van der Waals surface area contributed by atoms with Crippen molar-refractivity contribution in [3.05, 3.63) is 24.3 Å². The van der Waals surface area contributed by atoms with Gasteiger partial charge < -0.3 is 15.0 Å². The quantitative estimate of drug-likeness (QED) is 0.881. The maximum absolute atomic E-state index is 5.66. The van der Waals surface area contributed by atoms with E-state index in [2.05, 4.69) is 15.1 Å². The van der Waals surface area contributed by atoms with E-state index in [4.69, 9.17) is 15.0 Å². The van der Waals surface area contributed by atoms with Crippen molar-refractivity contribution in [1.29, 1.82) is 0 Å². The molecule has 3 rings (SSSR count). The van der Waals surface area contributed by atoms with Crippen LogP contribution in [0.5, 0.6) is 0 Å². The molecule has 0 amide bonds. The monoisotopic (exact) mass is 246 g/mol. The molecule has 0 aromatic carbocycles. The summed E-state index contributed by atoms with van der Waals surface area (Å²) in [5, 5.41) is 3.95. The third-order valence-electron chi connectivity index (χ3n) is 2.91. The number of nitrogen functional groups attached to an aromatic ring is 1. The Morgan fingerprint density at radius 2 is 2.33 bits per heavy atom. The van der Waals surface area contributed by atoms with Crippen molar-refractivity contribution in [3.8, 4) is 11.5 Å². The first-order chi connectivity index (χ1) is 8.81. The zero-order chi connectivity index (χ0) is 12.4. The SMILES string of the molecule is Nc1cncc(-c2nc(CC3CCCO3)no2)c1. The summed E-state index contributed by atoms with van der Waals surface area (Å²) in [5.74, 6) is 1.11. The average molecular weight is 246 g/mol. The smallest absolute Gasteiger partial charge is 0.259 e. The van der Waals surface area contributed by atoms with Gasteiger partial charge in [-0.1, -0.05) is 5.16 Å². The Morgan fingerprint density at radius 1 is 1.39 bits per heavy atom. The van der Waals surface area contributed by atoms with Gasteiger partial charge in [-0.25, -0.2) is 0 Å². The van der Waals surface area contributed by atoms with Crippen LogP contribution >= 0.6 is 0 Å². The van der Waals surface area contributed by atoms with E-state index in [9.17, 15) is 0 Å². The number of pyridine rings is 1. The van der Waals surface area contributed by atoms with Crippen molar-refractivity contribution in [2.75, 3.05) is 12.3 Å². The summed E-state index contributed by atoms with van der Waals surface area (Å²) in [5.41, 5.74) is 6.97. The molecule has 18 heavy (non-hydrogen) atoms. The Bertz CT molecular complexity index is 534. The molecule has 1 aliphatic heterocycles. The van der Waals surface area contributed by atoms with Crippen LogP contribution in [-0.2, 0) is 11.2 Å². The van der Waals surface area contributed by atoms with E-state index >= 15 is 0 Å². The lowest BCUT2D eigenvalue weighted by molar-refractivity contribution is 0.109. The van der Waals surface area contributed by atoms with Crippen molar-refractivity contribution >= 4 is 5.69 Å². The number of aromatic nitrogens is 3. The Kier molecular flexibility index (Phi) is 2.93. The average Bonchev–Trinajstić information content (AvgIpc) is 3.01. The number of rotatable bonds is 3. The molecule has 0 bridgehead atoms. The van der Waals surface area contributed by atoms with E-state index in [-0.39, 0.29) is 6.10 Å². The summed E-state index contributed by atoms with van der Waals surface area (Å²) in [6.07, 6.45) is 6.30. The molecular formula is C12H14N4O2. The topological polar surface area (TPSA) is 87.1 Å². The highest BCUT2D eigenvalue weighted by atomic mass is 16.5. The number of nitrogens with two attached hydrogens (primary N) is 1. The van der Waals surface area contributed by atoms with Gasteiger partial charge in [-0.15, -0.1) is 0 Å². The van der Waals surface area contributed by atoms with Crippen LogP contribution in [0, 0.1) is 0 Å². The standard InChI is InChI=1S/C12H14N4O2/c13-9-4-8(6-14-7-9)12-15-11(16-18-12)5-10-2-1-3-17-10/h4,6-7,10H,1-3,5,13H2. The van der Waals surface area contributed by atoms with Crippen LogP contribution in [-0.4, -0.2) is 27.8 Å². The highest BCUT2D eigenvalue weighted by Crippen LogP contribution is 2.20. The highest BCUT2D eigenvalue weighted by molar-refractivity contribution is 5.57. The van der Waals surface area contributed by atoms with Crippen LogP contribution in [0.2, 0.25) is 0 Å². The molecule has 3 heterocycles. The predicted molar refractivity (Wildman–Crippen MR) is 64.6 cm³/mol. The molecule has 2 aromatic heterocycles. The summed E-state index contributed by atoms with van der Waals surface area (Å²) < 4.78 is 10.7. The van der Waals surface area contributed by atoms with Crippen LogP contribution in [0.3, 0.4) is 0 Å².